The zero-order valence-electron chi connectivity index (χ0n) is 10.5. The summed E-state index contributed by atoms with van der Waals surface area (Å²) >= 11 is 0. The highest BCUT2D eigenvalue weighted by Crippen LogP contribution is 2.30. The zero-order valence-corrected chi connectivity index (χ0v) is 10.5. The van der Waals surface area contributed by atoms with Crippen molar-refractivity contribution in [1.82, 2.24) is 0 Å². The number of rotatable bonds is 4. The number of hydrogen-bond acceptors (Lipinski definition) is 2. The SMILES string of the molecule is CCC(=N)C(c1cccc(C)c1)C(C)(C)O. The third-order valence-corrected chi connectivity index (χ3v) is 2.81. The maximum absolute atomic E-state index is 10.2. The Kier molecular flexibility index (Phi) is 3.87. The second kappa shape index (κ2) is 4.79. The van der Waals surface area contributed by atoms with Gasteiger partial charge in [0.1, 0.15) is 0 Å². The van der Waals surface area contributed by atoms with Crippen molar-refractivity contribution in [3.05, 3.63) is 35.4 Å². The molecule has 1 aromatic carbocycles. The molecule has 0 aliphatic carbocycles. The highest BCUT2D eigenvalue weighted by Gasteiger charge is 2.31. The smallest absolute Gasteiger partial charge is 0.0712 e. The first kappa shape index (κ1) is 12.9. The summed E-state index contributed by atoms with van der Waals surface area (Å²) in [5.41, 5.74) is 1.88. The van der Waals surface area contributed by atoms with E-state index in [1.54, 1.807) is 13.8 Å². The van der Waals surface area contributed by atoms with E-state index in [4.69, 9.17) is 5.41 Å². The number of aliphatic hydroxyl groups is 1. The predicted octanol–water partition coefficient (Wildman–Crippen LogP) is 3.28. The van der Waals surface area contributed by atoms with Crippen LogP contribution in [0.4, 0.5) is 0 Å². The highest BCUT2D eigenvalue weighted by molar-refractivity contribution is 5.89. The summed E-state index contributed by atoms with van der Waals surface area (Å²) < 4.78 is 0. The first-order valence-corrected chi connectivity index (χ1v) is 5.72. The second-order valence-electron chi connectivity index (χ2n) is 4.88. The second-order valence-corrected chi connectivity index (χ2v) is 4.88. The minimum atomic E-state index is -0.888. The molecule has 88 valence electrons. The van der Waals surface area contributed by atoms with E-state index >= 15 is 0 Å². The minimum Gasteiger partial charge on any atom is -0.389 e. The van der Waals surface area contributed by atoms with Crippen molar-refractivity contribution in [3.8, 4) is 0 Å². The van der Waals surface area contributed by atoms with Crippen molar-refractivity contribution in [2.24, 2.45) is 0 Å². The van der Waals surface area contributed by atoms with Gasteiger partial charge in [0.15, 0.2) is 0 Å². The Morgan fingerprint density at radius 2 is 2.06 bits per heavy atom. The van der Waals surface area contributed by atoms with Gasteiger partial charge in [0.2, 0.25) is 0 Å². The molecule has 0 bridgehead atoms. The van der Waals surface area contributed by atoms with Crippen LogP contribution in [0.2, 0.25) is 0 Å². The molecule has 0 saturated carbocycles. The lowest BCUT2D eigenvalue weighted by molar-refractivity contribution is 0.0702. The van der Waals surface area contributed by atoms with Gasteiger partial charge in [-0.15, -0.1) is 0 Å². The molecular weight excluding hydrogens is 198 g/mol. The largest absolute Gasteiger partial charge is 0.389 e. The molecule has 2 nitrogen and oxygen atoms in total. The Hall–Kier alpha value is -1.15. The molecular formula is C14H21NO. The molecule has 1 unspecified atom stereocenters. The molecule has 0 spiro atoms. The van der Waals surface area contributed by atoms with Crippen molar-refractivity contribution in [2.75, 3.05) is 0 Å². The predicted molar refractivity (Wildman–Crippen MR) is 68.2 cm³/mol. The van der Waals surface area contributed by atoms with Crippen molar-refractivity contribution >= 4 is 5.71 Å². The van der Waals surface area contributed by atoms with Gasteiger partial charge in [-0.1, -0.05) is 36.8 Å². The molecule has 16 heavy (non-hydrogen) atoms. The molecule has 0 amide bonds. The maximum Gasteiger partial charge on any atom is 0.0712 e. The minimum absolute atomic E-state index is 0.211. The highest BCUT2D eigenvalue weighted by atomic mass is 16.3. The van der Waals surface area contributed by atoms with Crippen LogP contribution in [0, 0.1) is 12.3 Å². The van der Waals surface area contributed by atoms with Gasteiger partial charge < -0.3 is 10.5 Å². The standard InChI is InChI=1S/C14H21NO/c1-5-12(15)13(14(3,4)16)11-8-6-7-10(2)9-11/h6-9,13,15-16H,5H2,1-4H3. The Balaban J connectivity index is 3.17. The van der Waals surface area contributed by atoms with Crippen LogP contribution in [0.5, 0.6) is 0 Å². The van der Waals surface area contributed by atoms with Crippen LogP contribution >= 0.6 is 0 Å². The molecule has 0 fully saturated rings. The van der Waals surface area contributed by atoms with E-state index in [2.05, 4.69) is 0 Å². The van der Waals surface area contributed by atoms with Crippen LogP contribution in [-0.4, -0.2) is 16.4 Å². The number of benzene rings is 1. The average Bonchev–Trinajstić information content (AvgIpc) is 2.15. The molecule has 0 radical (unpaired) electrons. The van der Waals surface area contributed by atoms with E-state index in [1.165, 1.54) is 0 Å². The lowest BCUT2D eigenvalue weighted by atomic mass is 9.80. The third kappa shape index (κ3) is 2.92. The van der Waals surface area contributed by atoms with Crippen LogP contribution in [-0.2, 0) is 0 Å². The van der Waals surface area contributed by atoms with Gasteiger partial charge in [-0.05, 0) is 32.8 Å². The van der Waals surface area contributed by atoms with E-state index in [1.807, 2.05) is 38.1 Å². The summed E-state index contributed by atoms with van der Waals surface area (Å²) in [5.74, 6) is -0.211. The Morgan fingerprint density at radius 3 is 2.50 bits per heavy atom. The number of hydrogen-bond donors (Lipinski definition) is 2. The van der Waals surface area contributed by atoms with E-state index < -0.39 is 5.60 Å². The summed E-state index contributed by atoms with van der Waals surface area (Å²) in [6.45, 7) is 7.52. The monoisotopic (exact) mass is 219 g/mol. The summed E-state index contributed by atoms with van der Waals surface area (Å²) in [4.78, 5) is 0. The molecule has 1 aromatic rings. The van der Waals surface area contributed by atoms with Crippen LogP contribution in [0.15, 0.2) is 24.3 Å². The van der Waals surface area contributed by atoms with E-state index in [0.717, 1.165) is 11.1 Å². The van der Waals surface area contributed by atoms with Gasteiger partial charge in [-0.3, -0.25) is 0 Å². The fourth-order valence-electron chi connectivity index (χ4n) is 2.09. The topological polar surface area (TPSA) is 44.1 Å². The van der Waals surface area contributed by atoms with Crippen molar-refractivity contribution in [3.63, 3.8) is 0 Å². The zero-order chi connectivity index (χ0) is 12.3. The van der Waals surface area contributed by atoms with Crippen LogP contribution < -0.4 is 0 Å². The molecule has 0 aliphatic heterocycles. The molecule has 0 aromatic heterocycles. The normalized spacial score (nSPS) is 13.6. The first-order chi connectivity index (χ1) is 7.36. The number of aryl methyl sites for hydroxylation is 1. The van der Waals surface area contributed by atoms with Gasteiger partial charge in [0.25, 0.3) is 0 Å². The van der Waals surface area contributed by atoms with Gasteiger partial charge >= 0.3 is 0 Å². The van der Waals surface area contributed by atoms with Gasteiger partial charge in [-0.25, -0.2) is 0 Å². The van der Waals surface area contributed by atoms with E-state index in [-0.39, 0.29) is 5.92 Å². The van der Waals surface area contributed by atoms with Gasteiger partial charge in [0, 0.05) is 11.6 Å². The van der Waals surface area contributed by atoms with Gasteiger partial charge in [0.05, 0.1) is 5.60 Å². The lowest BCUT2D eigenvalue weighted by Gasteiger charge is -2.30. The Morgan fingerprint density at radius 1 is 1.44 bits per heavy atom. The maximum atomic E-state index is 10.2. The van der Waals surface area contributed by atoms with Crippen LogP contribution in [0.25, 0.3) is 0 Å². The average molecular weight is 219 g/mol. The number of nitrogens with one attached hydrogen (secondary N) is 1. The van der Waals surface area contributed by atoms with Crippen molar-refractivity contribution in [1.29, 1.82) is 5.41 Å². The lowest BCUT2D eigenvalue weighted by Crippen LogP contribution is -2.34. The van der Waals surface area contributed by atoms with E-state index in [0.29, 0.717) is 12.1 Å². The van der Waals surface area contributed by atoms with Crippen molar-refractivity contribution < 1.29 is 5.11 Å². The van der Waals surface area contributed by atoms with Crippen molar-refractivity contribution in [2.45, 2.75) is 45.6 Å². The first-order valence-electron chi connectivity index (χ1n) is 5.72. The molecule has 1 atom stereocenters. The fraction of sp³-hybridized carbons (Fsp3) is 0.500. The molecule has 1 rings (SSSR count). The molecule has 0 saturated heterocycles. The third-order valence-electron chi connectivity index (χ3n) is 2.81. The van der Waals surface area contributed by atoms with Crippen LogP contribution in [0.3, 0.4) is 0 Å². The molecule has 2 N–H and O–H groups in total. The quantitative estimate of drug-likeness (QED) is 0.750. The molecule has 0 heterocycles. The van der Waals surface area contributed by atoms with E-state index in [9.17, 15) is 5.11 Å². The fourth-order valence-corrected chi connectivity index (χ4v) is 2.09. The summed E-state index contributed by atoms with van der Waals surface area (Å²) in [6.07, 6.45) is 0.669. The summed E-state index contributed by atoms with van der Waals surface area (Å²) in [7, 11) is 0. The molecule has 2 heteroatoms. The summed E-state index contributed by atoms with van der Waals surface area (Å²) in [6, 6.07) is 8.04. The summed E-state index contributed by atoms with van der Waals surface area (Å²) in [5, 5.41) is 18.2. The van der Waals surface area contributed by atoms with Crippen LogP contribution in [0.1, 0.15) is 44.2 Å². The van der Waals surface area contributed by atoms with Gasteiger partial charge in [-0.2, -0.15) is 0 Å². The Bertz CT molecular complexity index is 377. The molecule has 0 aliphatic rings. The Labute approximate surface area is 97.8 Å².